The van der Waals surface area contributed by atoms with Crippen molar-refractivity contribution in [2.24, 2.45) is 0 Å². The molecule has 2 amide bonds. The lowest BCUT2D eigenvalue weighted by Gasteiger charge is -2.09. The van der Waals surface area contributed by atoms with Crippen LogP contribution in [0.4, 0.5) is 5.69 Å². The van der Waals surface area contributed by atoms with Gasteiger partial charge in [0.05, 0.1) is 10.7 Å². The van der Waals surface area contributed by atoms with Crippen LogP contribution in [0.5, 0.6) is 5.75 Å². The fraction of sp³-hybridized carbons (Fsp3) is 0.150. The number of benzene rings is 2. The van der Waals surface area contributed by atoms with E-state index in [0.29, 0.717) is 29.2 Å². The van der Waals surface area contributed by atoms with Crippen LogP contribution in [-0.4, -0.2) is 23.8 Å². The molecule has 0 aliphatic carbocycles. The van der Waals surface area contributed by atoms with Crippen molar-refractivity contribution >= 4 is 28.8 Å². The van der Waals surface area contributed by atoms with E-state index in [9.17, 15) is 9.59 Å². The van der Waals surface area contributed by atoms with Gasteiger partial charge in [-0.3, -0.25) is 9.59 Å². The molecule has 2 N–H and O–H groups in total. The molecule has 1 heterocycles. The van der Waals surface area contributed by atoms with Crippen molar-refractivity contribution in [2.45, 2.75) is 13.5 Å². The molecule has 0 spiro atoms. The molecule has 3 aromatic rings. The molecule has 0 saturated carbocycles. The zero-order valence-corrected chi connectivity index (χ0v) is 15.8. The minimum Gasteiger partial charge on any atom is -0.487 e. The van der Waals surface area contributed by atoms with Crippen LogP contribution in [-0.2, 0) is 6.61 Å². The Morgan fingerprint density at radius 1 is 1.07 bits per heavy atom. The van der Waals surface area contributed by atoms with E-state index < -0.39 is 0 Å². The zero-order valence-electron chi connectivity index (χ0n) is 15.0. The van der Waals surface area contributed by atoms with Crippen LogP contribution in [0.1, 0.15) is 31.4 Å². The van der Waals surface area contributed by atoms with Gasteiger partial charge in [0.25, 0.3) is 11.8 Å². The third kappa shape index (κ3) is 4.92. The molecule has 0 saturated heterocycles. The van der Waals surface area contributed by atoms with E-state index >= 15 is 0 Å². The van der Waals surface area contributed by atoms with Gasteiger partial charge in [0.1, 0.15) is 12.4 Å². The van der Waals surface area contributed by atoms with E-state index in [0.717, 1.165) is 10.7 Å². The van der Waals surface area contributed by atoms with Gasteiger partial charge in [0, 0.05) is 29.2 Å². The topological polar surface area (TPSA) is 80.3 Å². The number of nitrogens with zero attached hydrogens (tertiary/aromatic N) is 1. The second kappa shape index (κ2) is 8.46. The Labute approximate surface area is 161 Å². The molecule has 0 radical (unpaired) electrons. The fourth-order valence-corrected chi connectivity index (χ4v) is 3.01. The van der Waals surface area contributed by atoms with Crippen LogP contribution < -0.4 is 15.4 Å². The van der Waals surface area contributed by atoms with Crippen molar-refractivity contribution in [3.8, 4) is 5.75 Å². The van der Waals surface area contributed by atoms with Crippen molar-refractivity contribution in [2.75, 3.05) is 12.4 Å². The average Bonchev–Trinajstić information content (AvgIpc) is 3.12. The Morgan fingerprint density at radius 2 is 1.85 bits per heavy atom. The van der Waals surface area contributed by atoms with Gasteiger partial charge in [0.2, 0.25) is 0 Å². The second-order valence-corrected chi connectivity index (χ2v) is 6.85. The number of rotatable bonds is 6. The highest BCUT2D eigenvalue weighted by Crippen LogP contribution is 2.18. The van der Waals surface area contributed by atoms with Crippen molar-refractivity contribution in [1.29, 1.82) is 0 Å². The molecule has 27 heavy (non-hydrogen) atoms. The Balaban J connectivity index is 1.63. The first-order valence-corrected chi connectivity index (χ1v) is 9.20. The lowest BCUT2D eigenvalue weighted by molar-refractivity contribution is 0.0962. The Kier molecular flexibility index (Phi) is 5.83. The van der Waals surface area contributed by atoms with Crippen molar-refractivity contribution < 1.29 is 14.3 Å². The number of carbonyl (C=O) groups excluding carboxylic acids is 2. The number of aryl methyl sites for hydroxylation is 1. The smallest absolute Gasteiger partial charge is 0.255 e. The summed E-state index contributed by atoms with van der Waals surface area (Å²) in [6.45, 7) is 2.30. The van der Waals surface area contributed by atoms with Crippen molar-refractivity contribution in [1.82, 2.24) is 10.3 Å². The molecule has 6 nitrogen and oxygen atoms in total. The third-order valence-electron chi connectivity index (χ3n) is 3.78. The molecular weight excluding hydrogens is 362 g/mol. The van der Waals surface area contributed by atoms with Gasteiger partial charge >= 0.3 is 0 Å². The Hall–Kier alpha value is -3.19. The highest BCUT2D eigenvalue weighted by Gasteiger charge is 2.09. The van der Waals surface area contributed by atoms with E-state index in [-0.39, 0.29) is 11.8 Å². The largest absolute Gasteiger partial charge is 0.487 e. The maximum absolute atomic E-state index is 12.5. The van der Waals surface area contributed by atoms with Gasteiger partial charge < -0.3 is 15.4 Å². The number of hydrogen-bond acceptors (Lipinski definition) is 5. The summed E-state index contributed by atoms with van der Waals surface area (Å²) >= 11 is 1.57. The molecule has 138 valence electrons. The molecule has 7 heteroatoms. The van der Waals surface area contributed by atoms with Gasteiger partial charge in [-0.2, -0.15) is 0 Å². The van der Waals surface area contributed by atoms with E-state index in [1.165, 1.54) is 0 Å². The van der Waals surface area contributed by atoms with Gasteiger partial charge in [0.15, 0.2) is 0 Å². The van der Waals surface area contributed by atoms with Gasteiger partial charge in [-0.1, -0.05) is 6.07 Å². The highest BCUT2D eigenvalue weighted by molar-refractivity contribution is 7.09. The standard InChI is InChI=1S/C20H19N3O3S/c1-13-22-17(12-27-13)11-26-18-5-3-4-15(10-18)20(25)23-16-8-6-14(7-9-16)19(24)21-2/h3-10,12H,11H2,1-2H3,(H,21,24)(H,23,25). The maximum atomic E-state index is 12.5. The first-order chi connectivity index (χ1) is 13.0. The number of hydrogen-bond donors (Lipinski definition) is 2. The summed E-state index contributed by atoms with van der Waals surface area (Å²) in [5, 5.41) is 8.31. The third-order valence-corrected chi connectivity index (χ3v) is 4.60. The highest BCUT2D eigenvalue weighted by atomic mass is 32.1. The second-order valence-electron chi connectivity index (χ2n) is 5.78. The molecule has 0 atom stereocenters. The zero-order chi connectivity index (χ0) is 19.2. The number of ether oxygens (including phenoxy) is 1. The van der Waals surface area contributed by atoms with Crippen molar-refractivity contribution in [3.05, 3.63) is 75.7 Å². The van der Waals surface area contributed by atoms with E-state index in [1.54, 1.807) is 66.9 Å². The summed E-state index contributed by atoms with van der Waals surface area (Å²) in [5.74, 6) is 0.175. The number of carbonyl (C=O) groups is 2. The minimum atomic E-state index is -0.252. The maximum Gasteiger partial charge on any atom is 0.255 e. The number of nitrogens with one attached hydrogen (secondary N) is 2. The molecule has 0 fully saturated rings. The van der Waals surface area contributed by atoms with Gasteiger partial charge in [-0.15, -0.1) is 11.3 Å². The van der Waals surface area contributed by atoms with Crippen LogP contribution in [0, 0.1) is 6.92 Å². The Bertz CT molecular complexity index is 951. The number of amides is 2. The normalized spacial score (nSPS) is 10.3. The summed E-state index contributed by atoms with van der Waals surface area (Å²) in [4.78, 5) is 28.4. The summed E-state index contributed by atoms with van der Waals surface area (Å²) in [6, 6.07) is 13.7. The van der Waals surface area contributed by atoms with E-state index in [1.807, 2.05) is 12.3 Å². The molecule has 0 unspecified atom stereocenters. The minimum absolute atomic E-state index is 0.173. The van der Waals surface area contributed by atoms with Crippen LogP contribution >= 0.6 is 11.3 Å². The van der Waals surface area contributed by atoms with Gasteiger partial charge in [-0.05, 0) is 49.4 Å². The molecule has 0 aliphatic heterocycles. The van der Waals surface area contributed by atoms with Crippen LogP contribution in [0.15, 0.2) is 53.9 Å². The Morgan fingerprint density at radius 3 is 2.52 bits per heavy atom. The number of anilines is 1. The summed E-state index contributed by atoms with van der Waals surface area (Å²) < 4.78 is 5.72. The fourth-order valence-electron chi connectivity index (χ4n) is 2.41. The average molecular weight is 381 g/mol. The van der Waals surface area contributed by atoms with Crippen LogP contribution in [0.25, 0.3) is 0 Å². The van der Waals surface area contributed by atoms with Crippen LogP contribution in [0.2, 0.25) is 0 Å². The quantitative estimate of drug-likeness (QED) is 0.683. The predicted molar refractivity (Wildman–Crippen MR) is 105 cm³/mol. The number of aromatic nitrogens is 1. The molecular formula is C20H19N3O3S. The molecule has 3 rings (SSSR count). The lowest BCUT2D eigenvalue weighted by Crippen LogP contribution is -2.17. The molecule has 1 aromatic heterocycles. The molecule has 2 aromatic carbocycles. The number of thiazole rings is 1. The monoisotopic (exact) mass is 381 g/mol. The van der Waals surface area contributed by atoms with Crippen molar-refractivity contribution in [3.63, 3.8) is 0 Å². The van der Waals surface area contributed by atoms with Gasteiger partial charge in [-0.25, -0.2) is 4.98 Å². The molecule has 0 bridgehead atoms. The lowest BCUT2D eigenvalue weighted by atomic mass is 10.1. The summed E-state index contributed by atoms with van der Waals surface area (Å²) in [6.07, 6.45) is 0. The van der Waals surface area contributed by atoms with E-state index in [2.05, 4.69) is 15.6 Å². The van der Waals surface area contributed by atoms with E-state index in [4.69, 9.17) is 4.74 Å². The van der Waals surface area contributed by atoms with Crippen LogP contribution in [0.3, 0.4) is 0 Å². The SMILES string of the molecule is CNC(=O)c1ccc(NC(=O)c2cccc(OCc3csc(C)n3)c2)cc1. The predicted octanol–water partition coefficient (Wildman–Crippen LogP) is 3.64. The molecule has 0 aliphatic rings. The first kappa shape index (κ1) is 18.6. The summed E-state index contributed by atoms with van der Waals surface area (Å²) in [5.41, 5.74) is 2.49. The first-order valence-electron chi connectivity index (χ1n) is 8.32. The summed E-state index contributed by atoms with van der Waals surface area (Å²) in [7, 11) is 1.57.